The highest BCUT2D eigenvalue weighted by Crippen LogP contribution is 2.22. The van der Waals surface area contributed by atoms with Crippen LogP contribution in [0, 0.1) is 0 Å². The number of fused-ring (bicyclic) bond motifs is 1. The summed E-state index contributed by atoms with van der Waals surface area (Å²) in [6.45, 7) is 5.41. The van der Waals surface area contributed by atoms with Crippen molar-refractivity contribution in [1.82, 2.24) is 9.88 Å². The zero-order valence-corrected chi connectivity index (χ0v) is 12.7. The molecular weight excluding hydrogens is 288 g/mol. The van der Waals surface area contributed by atoms with Gasteiger partial charge in [0.25, 0.3) is 0 Å². The summed E-state index contributed by atoms with van der Waals surface area (Å²) in [6.07, 6.45) is 1.90. The van der Waals surface area contributed by atoms with Crippen LogP contribution in [-0.2, 0) is 6.54 Å². The second kappa shape index (κ2) is 5.37. The lowest BCUT2D eigenvalue weighted by Crippen LogP contribution is -2.42. The second-order valence-electron chi connectivity index (χ2n) is 5.29. The van der Waals surface area contributed by atoms with Crippen LogP contribution in [0.3, 0.4) is 0 Å². The van der Waals surface area contributed by atoms with E-state index in [1.165, 1.54) is 10.9 Å². The smallest absolute Gasteiger partial charge is 0.0705 e. The fraction of sp³-hybridized carbons (Fsp3) is 0.400. The van der Waals surface area contributed by atoms with Gasteiger partial charge in [-0.3, -0.25) is 9.88 Å². The highest BCUT2D eigenvalue weighted by Gasteiger charge is 2.22. The van der Waals surface area contributed by atoms with Gasteiger partial charge in [0.1, 0.15) is 0 Å². The largest absolute Gasteiger partial charge is 0.296 e. The summed E-state index contributed by atoms with van der Waals surface area (Å²) in [5, 5.41) is 2.21. The van der Waals surface area contributed by atoms with Crippen molar-refractivity contribution in [2.45, 2.75) is 25.9 Å². The van der Waals surface area contributed by atoms with Crippen molar-refractivity contribution in [3.8, 4) is 0 Å². The number of alkyl halides is 1. The van der Waals surface area contributed by atoms with E-state index >= 15 is 0 Å². The molecule has 1 heterocycles. The lowest BCUT2D eigenvalue weighted by Gasteiger charge is -2.34. The predicted molar refractivity (Wildman–Crippen MR) is 81.1 cm³/mol. The maximum atomic E-state index is 4.40. The molecule has 2 rings (SSSR count). The quantitative estimate of drug-likeness (QED) is 0.798. The molecule has 0 aliphatic carbocycles. The van der Waals surface area contributed by atoms with Crippen molar-refractivity contribution in [1.29, 1.82) is 0 Å². The molecule has 1 aromatic heterocycles. The molecule has 2 aromatic rings. The van der Waals surface area contributed by atoms with Crippen LogP contribution in [0.15, 0.2) is 36.5 Å². The fourth-order valence-corrected chi connectivity index (χ4v) is 2.29. The molecule has 0 fully saturated rings. The molecular formula is C15H19BrN2. The van der Waals surface area contributed by atoms with Crippen LogP contribution in [0.2, 0.25) is 0 Å². The summed E-state index contributed by atoms with van der Waals surface area (Å²) in [6, 6.07) is 10.4. The van der Waals surface area contributed by atoms with Crippen LogP contribution >= 0.6 is 15.9 Å². The molecule has 0 spiro atoms. The van der Waals surface area contributed by atoms with Gasteiger partial charge in [-0.25, -0.2) is 0 Å². The topological polar surface area (TPSA) is 16.1 Å². The highest BCUT2D eigenvalue weighted by molar-refractivity contribution is 9.09. The average molecular weight is 307 g/mol. The monoisotopic (exact) mass is 306 g/mol. The Morgan fingerprint density at radius 1 is 1.22 bits per heavy atom. The van der Waals surface area contributed by atoms with Crippen LogP contribution in [-0.4, -0.2) is 27.8 Å². The molecule has 0 saturated carbocycles. The van der Waals surface area contributed by atoms with E-state index in [4.69, 9.17) is 0 Å². The summed E-state index contributed by atoms with van der Waals surface area (Å²) in [5.74, 6) is 0. The van der Waals surface area contributed by atoms with Crippen molar-refractivity contribution >= 4 is 26.8 Å². The van der Waals surface area contributed by atoms with Gasteiger partial charge in [-0.1, -0.05) is 34.1 Å². The molecule has 1 aromatic carbocycles. The third-order valence-electron chi connectivity index (χ3n) is 3.51. The Morgan fingerprint density at radius 3 is 2.67 bits per heavy atom. The molecule has 18 heavy (non-hydrogen) atoms. The summed E-state index contributed by atoms with van der Waals surface area (Å²) in [4.78, 5) is 6.77. The molecule has 0 unspecified atom stereocenters. The molecule has 0 N–H and O–H groups in total. The minimum atomic E-state index is 0.143. The maximum absolute atomic E-state index is 4.40. The number of benzene rings is 1. The van der Waals surface area contributed by atoms with Gasteiger partial charge < -0.3 is 0 Å². The molecule has 0 saturated heterocycles. The normalized spacial score (nSPS) is 12.3. The first-order chi connectivity index (χ1) is 8.54. The van der Waals surface area contributed by atoms with E-state index in [0.29, 0.717) is 0 Å². The van der Waals surface area contributed by atoms with Gasteiger partial charge in [0.2, 0.25) is 0 Å². The number of rotatable bonds is 4. The van der Waals surface area contributed by atoms with Crippen molar-refractivity contribution in [3.63, 3.8) is 0 Å². The van der Waals surface area contributed by atoms with E-state index < -0.39 is 0 Å². The highest BCUT2D eigenvalue weighted by atomic mass is 79.9. The Bertz CT molecular complexity index is 532. The molecule has 0 aliphatic heterocycles. The van der Waals surface area contributed by atoms with Gasteiger partial charge in [-0.2, -0.15) is 0 Å². The zero-order chi connectivity index (χ0) is 13.2. The third-order valence-corrected chi connectivity index (χ3v) is 4.88. The molecule has 0 aliphatic rings. The minimum absolute atomic E-state index is 0.143. The number of hydrogen-bond donors (Lipinski definition) is 0. The Kier molecular flexibility index (Phi) is 4.03. The van der Waals surface area contributed by atoms with Crippen molar-refractivity contribution in [2.24, 2.45) is 0 Å². The van der Waals surface area contributed by atoms with Crippen LogP contribution < -0.4 is 0 Å². The van der Waals surface area contributed by atoms with Crippen LogP contribution in [0.1, 0.15) is 19.4 Å². The van der Waals surface area contributed by atoms with E-state index in [1.807, 2.05) is 12.3 Å². The Balaban J connectivity index is 2.32. The molecule has 2 nitrogen and oxygen atoms in total. The minimum Gasteiger partial charge on any atom is -0.296 e. The maximum Gasteiger partial charge on any atom is 0.0705 e. The summed E-state index contributed by atoms with van der Waals surface area (Å²) in [5.41, 5.74) is 2.54. The predicted octanol–water partition coefficient (Wildman–Crippen LogP) is 3.84. The molecule has 96 valence electrons. The first-order valence-electron chi connectivity index (χ1n) is 6.14. The van der Waals surface area contributed by atoms with Crippen molar-refractivity contribution in [2.75, 3.05) is 12.4 Å². The Morgan fingerprint density at radius 2 is 1.94 bits per heavy atom. The number of hydrogen-bond acceptors (Lipinski definition) is 2. The van der Waals surface area contributed by atoms with Crippen molar-refractivity contribution < 1.29 is 0 Å². The molecule has 0 bridgehead atoms. The van der Waals surface area contributed by atoms with Gasteiger partial charge in [-0.15, -0.1) is 0 Å². The number of aromatic nitrogens is 1. The molecule has 0 atom stereocenters. The summed E-state index contributed by atoms with van der Waals surface area (Å²) in [7, 11) is 2.16. The first kappa shape index (κ1) is 13.5. The zero-order valence-electron chi connectivity index (χ0n) is 11.2. The number of nitrogens with zero attached hydrogens (tertiary/aromatic N) is 2. The number of halogens is 1. The third kappa shape index (κ3) is 2.73. The SMILES string of the molecule is CN(Cc1ccnc2ccccc12)C(C)(C)CBr. The van der Waals surface area contributed by atoms with Crippen LogP contribution in [0.25, 0.3) is 10.9 Å². The van der Waals surface area contributed by atoms with E-state index in [2.05, 4.69) is 71.0 Å². The fourth-order valence-electron chi connectivity index (χ4n) is 1.86. The summed E-state index contributed by atoms with van der Waals surface area (Å²) >= 11 is 3.58. The standard InChI is InChI=1S/C15H19BrN2/c1-15(2,11-16)18(3)10-12-8-9-17-14-7-5-4-6-13(12)14/h4-9H,10-11H2,1-3H3. The van der Waals surface area contributed by atoms with Crippen LogP contribution in [0.4, 0.5) is 0 Å². The van der Waals surface area contributed by atoms with Crippen molar-refractivity contribution in [3.05, 3.63) is 42.1 Å². The lowest BCUT2D eigenvalue weighted by atomic mass is 10.0. The Hall–Kier alpha value is -0.930. The van der Waals surface area contributed by atoms with Gasteiger partial charge in [0.15, 0.2) is 0 Å². The van der Waals surface area contributed by atoms with E-state index in [-0.39, 0.29) is 5.54 Å². The molecule has 3 heteroatoms. The number of pyridine rings is 1. The lowest BCUT2D eigenvalue weighted by molar-refractivity contribution is 0.174. The van der Waals surface area contributed by atoms with E-state index in [0.717, 1.165) is 17.4 Å². The second-order valence-corrected chi connectivity index (χ2v) is 5.85. The first-order valence-corrected chi connectivity index (χ1v) is 7.26. The van der Waals surface area contributed by atoms with Gasteiger partial charge in [-0.05, 0) is 38.6 Å². The van der Waals surface area contributed by atoms with Gasteiger partial charge >= 0.3 is 0 Å². The molecule has 0 amide bonds. The van der Waals surface area contributed by atoms with E-state index in [1.54, 1.807) is 0 Å². The van der Waals surface area contributed by atoms with Crippen LogP contribution in [0.5, 0.6) is 0 Å². The van der Waals surface area contributed by atoms with Gasteiger partial charge in [0, 0.05) is 29.0 Å². The Labute approximate surface area is 117 Å². The number of para-hydroxylation sites is 1. The van der Waals surface area contributed by atoms with E-state index in [9.17, 15) is 0 Å². The summed E-state index contributed by atoms with van der Waals surface area (Å²) < 4.78 is 0. The van der Waals surface area contributed by atoms with Gasteiger partial charge in [0.05, 0.1) is 5.52 Å². The molecule has 0 radical (unpaired) electrons. The average Bonchev–Trinajstić information content (AvgIpc) is 2.39.